The van der Waals surface area contributed by atoms with Crippen molar-refractivity contribution in [2.24, 2.45) is 0 Å². The first kappa shape index (κ1) is 18.8. The quantitative estimate of drug-likeness (QED) is 0.793. The third-order valence-electron chi connectivity index (χ3n) is 5.36. The van der Waals surface area contributed by atoms with Crippen molar-refractivity contribution in [2.75, 3.05) is 44.3 Å². The number of likely N-dealkylation sites (tertiary alicyclic amines) is 1. The minimum Gasteiger partial charge on any atom is -0.378 e. The number of hydrogen-bond donors (Lipinski definition) is 0. The Labute approximate surface area is 162 Å². The summed E-state index contributed by atoms with van der Waals surface area (Å²) in [7, 11) is 0. The highest BCUT2D eigenvalue weighted by atomic mass is 19.1. The van der Waals surface area contributed by atoms with Crippen LogP contribution in [0.2, 0.25) is 0 Å². The lowest BCUT2D eigenvalue weighted by molar-refractivity contribution is -0.131. The van der Waals surface area contributed by atoms with E-state index in [1.54, 1.807) is 6.07 Å². The summed E-state index contributed by atoms with van der Waals surface area (Å²) in [5.74, 6) is 0.864. The maximum Gasteiger partial charge on any atom is 0.276 e. The highest BCUT2D eigenvalue weighted by molar-refractivity contribution is 5.75. The SMILES string of the molecule is CCC(=O)N1CCC(c2noc(-c3cc(N4CCOCC4)c(F)cn3)n2)CC1. The number of aromatic nitrogens is 3. The molecule has 0 aromatic carbocycles. The molecule has 8 nitrogen and oxygen atoms in total. The molecule has 0 bridgehead atoms. The Bertz CT molecular complexity index is 829. The van der Waals surface area contributed by atoms with Crippen LogP contribution in [0.4, 0.5) is 10.1 Å². The van der Waals surface area contributed by atoms with Crippen LogP contribution in [0, 0.1) is 5.82 Å². The maximum atomic E-state index is 14.3. The van der Waals surface area contributed by atoms with Gasteiger partial charge < -0.3 is 19.1 Å². The first-order valence-electron chi connectivity index (χ1n) is 9.75. The van der Waals surface area contributed by atoms with Crippen molar-refractivity contribution in [3.05, 3.63) is 23.9 Å². The number of carbonyl (C=O) groups excluding carboxylic acids is 1. The Morgan fingerprint density at radius 3 is 2.71 bits per heavy atom. The summed E-state index contributed by atoms with van der Waals surface area (Å²) in [6.07, 6.45) is 3.33. The molecule has 28 heavy (non-hydrogen) atoms. The average Bonchev–Trinajstić information content (AvgIpc) is 3.24. The molecule has 0 radical (unpaired) electrons. The van der Waals surface area contributed by atoms with E-state index in [0.717, 1.165) is 12.8 Å². The Morgan fingerprint density at radius 2 is 2.00 bits per heavy atom. The third-order valence-corrected chi connectivity index (χ3v) is 5.36. The number of anilines is 1. The highest BCUT2D eigenvalue weighted by Gasteiger charge is 2.27. The summed E-state index contributed by atoms with van der Waals surface area (Å²) in [6, 6.07) is 1.65. The van der Waals surface area contributed by atoms with E-state index >= 15 is 0 Å². The minimum absolute atomic E-state index is 0.151. The number of halogens is 1. The molecular weight excluding hydrogens is 365 g/mol. The van der Waals surface area contributed by atoms with E-state index in [-0.39, 0.29) is 23.5 Å². The number of nitrogens with zero attached hydrogens (tertiary/aromatic N) is 5. The topological polar surface area (TPSA) is 84.6 Å². The summed E-state index contributed by atoms with van der Waals surface area (Å²) >= 11 is 0. The largest absolute Gasteiger partial charge is 0.378 e. The van der Waals surface area contributed by atoms with Gasteiger partial charge in [-0.15, -0.1) is 0 Å². The molecule has 2 fully saturated rings. The summed E-state index contributed by atoms with van der Waals surface area (Å²) in [6.45, 7) is 5.69. The van der Waals surface area contributed by atoms with Crippen molar-refractivity contribution in [3.63, 3.8) is 0 Å². The fraction of sp³-hybridized carbons (Fsp3) is 0.579. The van der Waals surface area contributed by atoms with Gasteiger partial charge >= 0.3 is 0 Å². The van der Waals surface area contributed by atoms with Gasteiger partial charge in [-0.2, -0.15) is 4.98 Å². The Morgan fingerprint density at radius 1 is 1.25 bits per heavy atom. The van der Waals surface area contributed by atoms with Crippen LogP contribution in [0.5, 0.6) is 0 Å². The molecule has 0 N–H and O–H groups in total. The van der Waals surface area contributed by atoms with Crippen molar-refractivity contribution in [1.29, 1.82) is 0 Å². The molecule has 4 heterocycles. The van der Waals surface area contributed by atoms with Gasteiger partial charge in [0.15, 0.2) is 11.6 Å². The molecule has 0 aliphatic carbocycles. The number of carbonyl (C=O) groups is 1. The van der Waals surface area contributed by atoms with Crippen LogP contribution in [-0.2, 0) is 9.53 Å². The van der Waals surface area contributed by atoms with Crippen LogP contribution in [0.3, 0.4) is 0 Å². The van der Waals surface area contributed by atoms with Crippen LogP contribution in [0.15, 0.2) is 16.8 Å². The van der Waals surface area contributed by atoms with Gasteiger partial charge in [0.1, 0.15) is 5.69 Å². The van der Waals surface area contributed by atoms with Crippen molar-refractivity contribution in [3.8, 4) is 11.6 Å². The first-order valence-corrected chi connectivity index (χ1v) is 9.75. The van der Waals surface area contributed by atoms with Gasteiger partial charge in [0.2, 0.25) is 5.91 Å². The smallest absolute Gasteiger partial charge is 0.276 e. The molecule has 9 heteroatoms. The number of piperidine rings is 1. The van der Waals surface area contributed by atoms with Crippen LogP contribution >= 0.6 is 0 Å². The van der Waals surface area contributed by atoms with Crippen molar-refractivity contribution in [1.82, 2.24) is 20.0 Å². The molecule has 4 rings (SSSR count). The molecule has 0 saturated carbocycles. The van der Waals surface area contributed by atoms with Gasteiger partial charge in [-0.3, -0.25) is 4.79 Å². The zero-order valence-electron chi connectivity index (χ0n) is 15.9. The molecule has 2 aromatic rings. The summed E-state index contributed by atoms with van der Waals surface area (Å²) in [5.41, 5.74) is 0.930. The molecule has 2 aromatic heterocycles. The zero-order chi connectivity index (χ0) is 19.5. The number of hydrogen-bond acceptors (Lipinski definition) is 7. The second-order valence-electron chi connectivity index (χ2n) is 7.09. The predicted octanol–water partition coefficient (Wildman–Crippen LogP) is 2.22. The number of ether oxygens (including phenoxy) is 1. The van der Waals surface area contributed by atoms with Gasteiger partial charge in [-0.05, 0) is 18.9 Å². The Kier molecular flexibility index (Phi) is 5.52. The van der Waals surface area contributed by atoms with E-state index in [1.807, 2.05) is 16.7 Å². The van der Waals surface area contributed by atoms with Crippen molar-refractivity contribution in [2.45, 2.75) is 32.1 Å². The lowest BCUT2D eigenvalue weighted by Crippen LogP contribution is -2.37. The van der Waals surface area contributed by atoms with Gasteiger partial charge in [0.05, 0.1) is 25.1 Å². The highest BCUT2D eigenvalue weighted by Crippen LogP contribution is 2.29. The average molecular weight is 389 g/mol. The molecule has 0 unspecified atom stereocenters. The molecule has 0 atom stereocenters. The van der Waals surface area contributed by atoms with E-state index in [0.29, 0.717) is 63.0 Å². The fourth-order valence-corrected chi connectivity index (χ4v) is 3.71. The van der Waals surface area contributed by atoms with Gasteiger partial charge in [0.25, 0.3) is 5.89 Å². The molecule has 150 valence electrons. The molecule has 2 aliphatic rings. The first-order chi connectivity index (χ1) is 13.7. The van der Waals surface area contributed by atoms with E-state index in [9.17, 15) is 9.18 Å². The lowest BCUT2D eigenvalue weighted by atomic mass is 9.96. The number of morpholine rings is 1. The molecular formula is C19H24FN5O3. The summed E-state index contributed by atoms with van der Waals surface area (Å²) in [5, 5.41) is 4.11. The van der Waals surface area contributed by atoms with E-state index < -0.39 is 0 Å². The van der Waals surface area contributed by atoms with Crippen LogP contribution in [0.1, 0.15) is 37.9 Å². The number of rotatable bonds is 4. The Balaban J connectivity index is 1.48. The van der Waals surface area contributed by atoms with E-state index in [2.05, 4.69) is 15.1 Å². The van der Waals surface area contributed by atoms with E-state index in [1.165, 1.54) is 6.20 Å². The normalized spacial score (nSPS) is 18.5. The second kappa shape index (κ2) is 8.22. The standard InChI is InChI=1S/C19H24FN5O3/c1-2-17(26)25-5-3-13(4-6-25)18-22-19(28-23-18)15-11-16(14(20)12-21-15)24-7-9-27-10-8-24/h11-13H,2-10H2,1H3. The predicted molar refractivity (Wildman–Crippen MR) is 99.4 cm³/mol. The van der Waals surface area contributed by atoms with Crippen molar-refractivity contribution >= 4 is 11.6 Å². The molecule has 2 saturated heterocycles. The number of pyridine rings is 1. The zero-order valence-corrected chi connectivity index (χ0v) is 15.9. The van der Waals surface area contributed by atoms with Gasteiger partial charge in [-0.1, -0.05) is 12.1 Å². The van der Waals surface area contributed by atoms with Gasteiger partial charge in [-0.25, -0.2) is 9.37 Å². The minimum atomic E-state index is -0.377. The monoisotopic (exact) mass is 389 g/mol. The fourth-order valence-electron chi connectivity index (χ4n) is 3.71. The third kappa shape index (κ3) is 3.84. The van der Waals surface area contributed by atoms with Crippen LogP contribution in [0.25, 0.3) is 11.6 Å². The summed E-state index contributed by atoms with van der Waals surface area (Å²) < 4.78 is 25.0. The van der Waals surface area contributed by atoms with E-state index in [4.69, 9.17) is 9.26 Å². The Hall–Kier alpha value is -2.55. The van der Waals surface area contributed by atoms with Crippen molar-refractivity contribution < 1.29 is 18.4 Å². The number of amides is 1. The second-order valence-corrected chi connectivity index (χ2v) is 7.09. The molecule has 0 spiro atoms. The van der Waals surface area contributed by atoms with Crippen LogP contribution in [-0.4, -0.2) is 65.3 Å². The maximum absolute atomic E-state index is 14.3. The van der Waals surface area contributed by atoms with Crippen LogP contribution < -0.4 is 4.90 Å². The molecule has 2 aliphatic heterocycles. The van der Waals surface area contributed by atoms with Gasteiger partial charge in [0, 0.05) is 38.5 Å². The molecule has 1 amide bonds. The summed E-state index contributed by atoms with van der Waals surface area (Å²) in [4.78, 5) is 24.3. The lowest BCUT2D eigenvalue weighted by Gasteiger charge is -2.30.